The SMILES string of the molecule is C=CCCC(=O)NC[C@H](OC(=O)[C@@H]1[C@H]2O[C@@]3(CC2Br)[C@H](C(=O)N(CC=C)c2ccc4ccccc4c2)N([C@H](CO)c2ccccc2)C(=O)[C@@H]13)c1ccccc1. The van der Waals surface area contributed by atoms with Crippen molar-refractivity contribution in [2.75, 3.05) is 24.6 Å². The number of halogens is 1. The van der Waals surface area contributed by atoms with Crippen LogP contribution in [0, 0.1) is 11.8 Å². The third-order valence-corrected chi connectivity index (χ3v) is 11.9. The van der Waals surface area contributed by atoms with Crippen LogP contribution in [-0.4, -0.2) is 76.0 Å². The second-order valence-corrected chi connectivity index (χ2v) is 15.4. The summed E-state index contributed by atoms with van der Waals surface area (Å²) in [6.45, 7) is 7.29. The normalized spacial score (nSPS) is 24.9. The summed E-state index contributed by atoms with van der Waals surface area (Å²) in [5.74, 6) is -3.96. The summed E-state index contributed by atoms with van der Waals surface area (Å²) >= 11 is 3.76. The van der Waals surface area contributed by atoms with Gasteiger partial charge in [-0.3, -0.25) is 19.2 Å². The molecule has 7 rings (SSSR count). The van der Waals surface area contributed by atoms with Gasteiger partial charge in [0.25, 0.3) is 5.91 Å². The first kappa shape index (κ1) is 38.2. The summed E-state index contributed by atoms with van der Waals surface area (Å²) in [7, 11) is 0. The van der Waals surface area contributed by atoms with Crippen LogP contribution in [0.1, 0.15) is 42.5 Å². The average Bonchev–Trinajstić information content (AvgIpc) is 3.81. The molecule has 284 valence electrons. The molecule has 3 fully saturated rings. The van der Waals surface area contributed by atoms with Gasteiger partial charge in [-0.15, -0.1) is 13.2 Å². The Bertz CT molecular complexity index is 2080. The van der Waals surface area contributed by atoms with Crippen molar-refractivity contribution < 1.29 is 33.8 Å². The Labute approximate surface area is 328 Å². The molecule has 3 saturated heterocycles. The number of nitrogens with one attached hydrogen (secondary N) is 1. The van der Waals surface area contributed by atoms with Gasteiger partial charge in [0, 0.05) is 23.5 Å². The van der Waals surface area contributed by atoms with Crippen molar-refractivity contribution in [2.45, 2.75) is 54.0 Å². The Morgan fingerprint density at radius 1 is 0.964 bits per heavy atom. The number of carbonyl (C=O) groups excluding carboxylic acids is 4. The third-order valence-electron chi connectivity index (χ3n) is 11.0. The average molecular weight is 807 g/mol. The van der Waals surface area contributed by atoms with E-state index in [1.165, 1.54) is 4.90 Å². The first-order valence-electron chi connectivity index (χ1n) is 18.6. The van der Waals surface area contributed by atoms with E-state index < -0.39 is 70.9 Å². The molecule has 2 bridgehead atoms. The van der Waals surface area contributed by atoms with Gasteiger partial charge in [0.05, 0.1) is 37.1 Å². The van der Waals surface area contributed by atoms with Crippen LogP contribution in [-0.2, 0) is 28.7 Å². The first-order valence-corrected chi connectivity index (χ1v) is 19.5. The topological polar surface area (TPSA) is 125 Å². The molecule has 4 aromatic rings. The van der Waals surface area contributed by atoms with Gasteiger partial charge >= 0.3 is 5.97 Å². The number of esters is 1. The molecule has 3 amide bonds. The number of carbonyl (C=O) groups is 4. The Balaban J connectivity index is 1.28. The van der Waals surface area contributed by atoms with Crippen LogP contribution in [0.25, 0.3) is 10.8 Å². The molecular weight excluding hydrogens is 762 g/mol. The minimum absolute atomic E-state index is 0.0154. The number of aliphatic hydroxyl groups excluding tert-OH is 1. The van der Waals surface area contributed by atoms with Crippen molar-refractivity contribution in [1.82, 2.24) is 10.2 Å². The van der Waals surface area contributed by atoms with E-state index in [1.54, 1.807) is 29.2 Å². The van der Waals surface area contributed by atoms with E-state index >= 15 is 9.59 Å². The van der Waals surface area contributed by atoms with Crippen LogP contribution in [0.2, 0.25) is 0 Å². The monoisotopic (exact) mass is 805 g/mol. The van der Waals surface area contributed by atoms with E-state index in [0.717, 1.165) is 10.8 Å². The van der Waals surface area contributed by atoms with Crippen LogP contribution in [0.5, 0.6) is 0 Å². The number of fused-ring (bicyclic) bond motifs is 2. The van der Waals surface area contributed by atoms with Crippen LogP contribution in [0.3, 0.4) is 0 Å². The van der Waals surface area contributed by atoms with Gasteiger partial charge in [-0.2, -0.15) is 0 Å². The fraction of sp³-hybridized carbons (Fsp3) is 0.318. The highest BCUT2D eigenvalue weighted by Crippen LogP contribution is 2.61. The third kappa shape index (κ3) is 7.12. The molecule has 0 aromatic heterocycles. The van der Waals surface area contributed by atoms with Crippen molar-refractivity contribution >= 4 is 56.1 Å². The predicted octanol–water partition coefficient (Wildman–Crippen LogP) is 6.21. The maximum Gasteiger partial charge on any atom is 0.313 e. The van der Waals surface area contributed by atoms with Gasteiger partial charge < -0.3 is 29.7 Å². The quantitative estimate of drug-likeness (QED) is 0.0833. The van der Waals surface area contributed by atoms with Crippen molar-refractivity contribution in [3.05, 3.63) is 140 Å². The number of rotatable bonds is 15. The molecule has 3 aliphatic heterocycles. The maximum absolute atomic E-state index is 15.3. The Hall–Kier alpha value is -5.10. The number of benzene rings is 4. The van der Waals surface area contributed by atoms with E-state index in [9.17, 15) is 14.7 Å². The van der Waals surface area contributed by atoms with Crippen molar-refractivity contribution in [3.8, 4) is 0 Å². The lowest BCUT2D eigenvalue weighted by molar-refractivity contribution is -0.160. The van der Waals surface area contributed by atoms with E-state index in [0.29, 0.717) is 23.2 Å². The Morgan fingerprint density at radius 3 is 2.31 bits per heavy atom. The number of anilines is 1. The molecule has 1 unspecified atom stereocenters. The molecule has 4 aromatic carbocycles. The summed E-state index contributed by atoms with van der Waals surface area (Å²) in [6.07, 6.45) is 2.65. The number of aliphatic hydroxyl groups is 1. The highest BCUT2D eigenvalue weighted by atomic mass is 79.9. The minimum Gasteiger partial charge on any atom is -0.455 e. The fourth-order valence-corrected chi connectivity index (χ4v) is 9.51. The largest absolute Gasteiger partial charge is 0.455 e. The van der Waals surface area contributed by atoms with Crippen LogP contribution < -0.4 is 10.2 Å². The molecule has 3 heterocycles. The number of amides is 3. The molecule has 0 saturated carbocycles. The highest BCUT2D eigenvalue weighted by molar-refractivity contribution is 9.09. The highest BCUT2D eigenvalue weighted by Gasteiger charge is 2.77. The molecule has 10 nitrogen and oxygen atoms in total. The summed E-state index contributed by atoms with van der Waals surface area (Å²) < 4.78 is 13.0. The van der Waals surface area contributed by atoms with E-state index in [-0.39, 0.29) is 31.8 Å². The molecule has 0 aliphatic carbocycles. The standard InChI is InChI=1S/C44H44BrN3O7/c1-3-5-20-36(50)46-26-35(30-17-10-7-11-18-30)54-43(53)37-38-41(51)48(34(27-49)29-15-8-6-9-16-29)40(44(38)25-33(45)39(37)55-44)42(52)47(23-4-2)32-22-21-28-14-12-13-19-31(28)24-32/h3-4,6-19,21-22,24,33-35,37-40,49H,1-2,5,20,23,25-27H2,(H,46,50)/t33?,34-,35+,37+,38-,39+,40+,44-/m1/s1. The zero-order valence-electron chi connectivity index (χ0n) is 30.3. The fourth-order valence-electron chi connectivity index (χ4n) is 8.57. The van der Waals surface area contributed by atoms with Gasteiger partial charge in [-0.05, 0) is 46.9 Å². The number of ether oxygens (including phenoxy) is 2. The van der Waals surface area contributed by atoms with Gasteiger partial charge in [0.1, 0.15) is 17.7 Å². The second kappa shape index (κ2) is 16.3. The number of likely N-dealkylation sites (tertiary alicyclic amines) is 1. The Morgan fingerprint density at radius 2 is 1.64 bits per heavy atom. The summed E-state index contributed by atoms with van der Waals surface area (Å²) in [6, 6.07) is 29.6. The number of allylic oxidation sites excluding steroid dienone is 1. The van der Waals surface area contributed by atoms with Gasteiger partial charge in [-0.1, -0.05) is 119 Å². The van der Waals surface area contributed by atoms with Gasteiger partial charge in [0.15, 0.2) is 0 Å². The summed E-state index contributed by atoms with van der Waals surface area (Å²) in [5.41, 5.74) is 0.474. The molecule has 1 spiro atoms. The predicted molar refractivity (Wildman–Crippen MR) is 213 cm³/mol. The van der Waals surface area contributed by atoms with Crippen LogP contribution in [0.15, 0.2) is 128 Å². The van der Waals surface area contributed by atoms with Crippen molar-refractivity contribution in [2.24, 2.45) is 11.8 Å². The summed E-state index contributed by atoms with van der Waals surface area (Å²) in [5, 5.41) is 15.8. The van der Waals surface area contributed by atoms with Gasteiger partial charge in [-0.25, -0.2) is 0 Å². The molecule has 8 atom stereocenters. The maximum atomic E-state index is 15.3. The number of hydrogen-bond donors (Lipinski definition) is 2. The second-order valence-electron chi connectivity index (χ2n) is 14.3. The number of alkyl halides is 1. The molecular formula is C44H44BrN3O7. The first-order chi connectivity index (χ1) is 26.7. The number of hydrogen-bond acceptors (Lipinski definition) is 7. The zero-order valence-corrected chi connectivity index (χ0v) is 31.9. The van der Waals surface area contributed by atoms with E-state index in [4.69, 9.17) is 9.47 Å². The Kier molecular flexibility index (Phi) is 11.3. The smallest absolute Gasteiger partial charge is 0.313 e. The van der Waals surface area contributed by atoms with Gasteiger partial charge in [0.2, 0.25) is 11.8 Å². The van der Waals surface area contributed by atoms with Crippen molar-refractivity contribution in [3.63, 3.8) is 0 Å². The lowest BCUT2D eigenvalue weighted by Gasteiger charge is -2.39. The molecule has 2 N–H and O–H groups in total. The number of nitrogens with zero attached hydrogens (tertiary/aromatic N) is 2. The van der Waals surface area contributed by atoms with E-state index in [2.05, 4.69) is 34.4 Å². The van der Waals surface area contributed by atoms with Crippen molar-refractivity contribution in [1.29, 1.82) is 0 Å². The van der Waals surface area contributed by atoms with Crippen LogP contribution >= 0.6 is 15.9 Å². The lowest BCUT2D eigenvalue weighted by atomic mass is 9.70. The minimum atomic E-state index is -1.43. The van der Waals surface area contributed by atoms with E-state index in [1.807, 2.05) is 91.0 Å². The summed E-state index contributed by atoms with van der Waals surface area (Å²) in [4.78, 5) is 60.2. The molecule has 0 radical (unpaired) electrons. The lowest BCUT2D eigenvalue weighted by Crippen LogP contribution is -2.57. The molecule has 55 heavy (non-hydrogen) atoms. The van der Waals surface area contributed by atoms with Crippen LogP contribution in [0.4, 0.5) is 5.69 Å². The zero-order chi connectivity index (χ0) is 38.7. The molecule has 3 aliphatic rings. The molecule has 11 heteroatoms.